The number of ether oxygens (including phenoxy) is 1. The van der Waals surface area contributed by atoms with Crippen molar-refractivity contribution < 1.29 is 14.3 Å². The van der Waals surface area contributed by atoms with Gasteiger partial charge in [0, 0.05) is 13.3 Å². The Balaban J connectivity index is 1.96. The molecule has 2 unspecified atom stereocenters. The van der Waals surface area contributed by atoms with Crippen LogP contribution in [-0.2, 0) is 22.4 Å². The number of imide groups is 1. The molecule has 17 heavy (non-hydrogen) atoms. The SMILES string of the molecule is CC(=O)N1C(=O)OC2Cc3ccccc3CC21. The number of nitrogens with zero attached hydrogens (tertiary/aromatic N) is 1. The molecule has 0 spiro atoms. The predicted molar refractivity (Wildman–Crippen MR) is 60.4 cm³/mol. The van der Waals surface area contributed by atoms with Crippen LogP contribution in [0.5, 0.6) is 0 Å². The van der Waals surface area contributed by atoms with Crippen molar-refractivity contribution in [1.82, 2.24) is 4.90 Å². The molecule has 2 aliphatic rings. The summed E-state index contributed by atoms with van der Waals surface area (Å²) in [5.41, 5.74) is 2.42. The zero-order valence-electron chi connectivity index (χ0n) is 9.55. The summed E-state index contributed by atoms with van der Waals surface area (Å²) < 4.78 is 5.26. The Morgan fingerprint density at radius 1 is 1.29 bits per heavy atom. The van der Waals surface area contributed by atoms with Gasteiger partial charge in [-0.2, -0.15) is 0 Å². The van der Waals surface area contributed by atoms with Gasteiger partial charge in [-0.1, -0.05) is 24.3 Å². The maximum Gasteiger partial charge on any atom is 0.417 e. The van der Waals surface area contributed by atoms with Crippen LogP contribution in [0.1, 0.15) is 18.1 Å². The maximum absolute atomic E-state index is 11.6. The molecular formula is C13H13NO3. The molecule has 0 aromatic heterocycles. The van der Waals surface area contributed by atoms with Crippen LogP contribution in [0, 0.1) is 0 Å². The van der Waals surface area contributed by atoms with Gasteiger partial charge in [0.15, 0.2) is 0 Å². The van der Waals surface area contributed by atoms with Crippen LogP contribution in [-0.4, -0.2) is 29.0 Å². The van der Waals surface area contributed by atoms with E-state index in [9.17, 15) is 9.59 Å². The molecule has 88 valence electrons. The average molecular weight is 231 g/mol. The summed E-state index contributed by atoms with van der Waals surface area (Å²) in [6.45, 7) is 1.41. The van der Waals surface area contributed by atoms with Crippen LogP contribution in [0.4, 0.5) is 4.79 Å². The zero-order chi connectivity index (χ0) is 12.0. The van der Waals surface area contributed by atoms with Crippen LogP contribution in [0.25, 0.3) is 0 Å². The molecule has 1 aliphatic heterocycles. The molecule has 1 fully saturated rings. The van der Waals surface area contributed by atoms with Crippen LogP contribution >= 0.6 is 0 Å². The lowest BCUT2D eigenvalue weighted by atomic mass is 9.86. The average Bonchev–Trinajstić information content (AvgIpc) is 2.60. The summed E-state index contributed by atoms with van der Waals surface area (Å²) >= 11 is 0. The molecule has 0 N–H and O–H groups in total. The molecule has 4 nitrogen and oxygen atoms in total. The lowest BCUT2D eigenvalue weighted by Gasteiger charge is -2.28. The topological polar surface area (TPSA) is 46.6 Å². The highest BCUT2D eigenvalue weighted by Crippen LogP contribution is 2.31. The summed E-state index contributed by atoms with van der Waals surface area (Å²) in [6, 6.07) is 7.94. The third-order valence-electron chi connectivity index (χ3n) is 3.52. The van der Waals surface area contributed by atoms with E-state index in [2.05, 4.69) is 6.07 Å². The Labute approximate surface area is 99.2 Å². The first-order valence-electron chi connectivity index (χ1n) is 5.74. The van der Waals surface area contributed by atoms with Gasteiger partial charge in [0.1, 0.15) is 6.10 Å². The first-order chi connectivity index (χ1) is 8.16. The van der Waals surface area contributed by atoms with E-state index in [1.807, 2.05) is 18.2 Å². The first-order valence-corrected chi connectivity index (χ1v) is 5.74. The standard InChI is InChI=1S/C13H13NO3/c1-8(15)14-11-6-9-4-2-3-5-10(9)7-12(11)17-13(14)16/h2-5,11-12H,6-7H2,1H3. The molecule has 4 heteroatoms. The fourth-order valence-electron chi connectivity index (χ4n) is 2.73. The second kappa shape index (κ2) is 3.58. The van der Waals surface area contributed by atoms with Crippen molar-refractivity contribution in [3.05, 3.63) is 35.4 Å². The van der Waals surface area contributed by atoms with E-state index >= 15 is 0 Å². The molecule has 0 bridgehead atoms. The van der Waals surface area contributed by atoms with E-state index in [-0.39, 0.29) is 18.1 Å². The first kappa shape index (κ1) is 10.3. The van der Waals surface area contributed by atoms with Gasteiger partial charge in [-0.15, -0.1) is 0 Å². The molecule has 2 amide bonds. The summed E-state index contributed by atoms with van der Waals surface area (Å²) in [6.07, 6.45) is 0.726. The van der Waals surface area contributed by atoms with Crippen LogP contribution < -0.4 is 0 Å². The van der Waals surface area contributed by atoms with Gasteiger partial charge in [-0.05, 0) is 17.5 Å². The summed E-state index contributed by atoms with van der Waals surface area (Å²) in [7, 11) is 0. The van der Waals surface area contributed by atoms with Gasteiger partial charge in [0.05, 0.1) is 6.04 Å². The number of amides is 2. The van der Waals surface area contributed by atoms with Gasteiger partial charge in [0.2, 0.25) is 5.91 Å². The molecule has 2 atom stereocenters. The zero-order valence-corrected chi connectivity index (χ0v) is 9.55. The van der Waals surface area contributed by atoms with Gasteiger partial charge in [-0.25, -0.2) is 9.69 Å². The summed E-state index contributed by atoms with van der Waals surface area (Å²) in [4.78, 5) is 24.3. The van der Waals surface area contributed by atoms with Crippen molar-refractivity contribution in [3.63, 3.8) is 0 Å². The van der Waals surface area contributed by atoms with E-state index in [1.54, 1.807) is 0 Å². The van der Waals surface area contributed by atoms with Crippen LogP contribution in [0.3, 0.4) is 0 Å². The Morgan fingerprint density at radius 3 is 2.59 bits per heavy atom. The Bertz CT molecular complexity index is 497. The van der Waals surface area contributed by atoms with Gasteiger partial charge < -0.3 is 4.74 Å². The lowest BCUT2D eigenvalue weighted by Crippen LogP contribution is -2.44. The van der Waals surface area contributed by atoms with Crippen LogP contribution in [0.2, 0.25) is 0 Å². The number of rotatable bonds is 0. The van der Waals surface area contributed by atoms with Crippen LogP contribution in [0.15, 0.2) is 24.3 Å². The smallest absolute Gasteiger partial charge is 0.417 e. The number of carbonyl (C=O) groups is 2. The lowest BCUT2D eigenvalue weighted by molar-refractivity contribution is -0.127. The Morgan fingerprint density at radius 2 is 1.94 bits per heavy atom. The number of carbonyl (C=O) groups excluding carboxylic acids is 2. The monoisotopic (exact) mass is 231 g/mol. The quantitative estimate of drug-likeness (QED) is 0.680. The fourth-order valence-corrected chi connectivity index (χ4v) is 2.73. The highest BCUT2D eigenvalue weighted by Gasteiger charge is 2.46. The molecule has 1 heterocycles. The highest BCUT2D eigenvalue weighted by molar-refractivity contribution is 5.92. The molecule has 1 aromatic carbocycles. The molecule has 1 saturated heterocycles. The second-order valence-electron chi connectivity index (χ2n) is 4.56. The second-order valence-corrected chi connectivity index (χ2v) is 4.56. The van der Waals surface area contributed by atoms with Crippen molar-refractivity contribution in [3.8, 4) is 0 Å². The van der Waals surface area contributed by atoms with Crippen molar-refractivity contribution in [2.75, 3.05) is 0 Å². The maximum atomic E-state index is 11.6. The van der Waals surface area contributed by atoms with E-state index in [0.717, 1.165) is 0 Å². The molecular weight excluding hydrogens is 218 g/mol. The Kier molecular flexibility index (Phi) is 2.18. The molecule has 0 saturated carbocycles. The molecule has 1 aromatic rings. The van der Waals surface area contributed by atoms with Gasteiger partial charge in [-0.3, -0.25) is 4.79 Å². The van der Waals surface area contributed by atoms with Crippen molar-refractivity contribution in [2.45, 2.75) is 31.9 Å². The fraction of sp³-hybridized carbons (Fsp3) is 0.385. The van der Waals surface area contributed by atoms with E-state index in [4.69, 9.17) is 4.74 Å². The van der Waals surface area contributed by atoms with Gasteiger partial charge >= 0.3 is 6.09 Å². The number of hydrogen-bond donors (Lipinski definition) is 0. The third kappa shape index (κ3) is 1.52. The summed E-state index contributed by atoms with van der Waals surface area (Å²) in [5.74, 6) is -0.234. The largest absolute Gasteiger partial charge is 0.443 e. The third-order valence-corrected chi connectivity index (χ3v) is 3.52. The van der Waals surface area contributed by atoms with Crippen molar-refractivity contribution in [1.29, 1.82) is 0 Å². The van der Waals surface area contributed by atoms with E-state index in [0.29, 0.717) is 12.8 Å². The minimum atomic E-state index is -0.500. The number of benzene rings is 1. The highest BCUT2D eigenvalue weighted by atomic mass is 16.6. The molecule has 3 rings (SSSR count). The van der Waals surface area contributed by atoms with E-state index < -0.39 is 6.09 Å². The summed E-state index contributed by atoms with van der Waals surface area (Å²) in [5, 5.41) is 0. The van der Waals surface area contributed by atoms with Crippen molar-refractivity contribution >= 4 is 12.0 Å². The number of hydrogen-bond acceptors (Lipinski definition) is 3. The molecule has 0 radical (unpaired) electrons. The predicted octanol–water partition coefficient (Wildman–Crippen LogP) is 1.52. The number of fused-ring (bicyclic) bond motifs is 2. The molecule has 1 aliphatic carbocycles. The Hall–Kier alpha value is -1.84. The van der Waals surface area contributed by atoms with Gasteiger partial charge in [0.25, 0.3) is 0 Å². The van der Waals surface area contributed by atoms with Crippen molar-refractivity contribution in [2.24, 2.45) is 0 Å². The minimum absolute atomic E-state index is 0.130. The normalized spacial score (nSPS) is 26.2. The minimum Gasteiger partial charge on any atom is -0.443 e. The van der Waals surface area contributed by atoms with E-state index in [1.165, 1.54) is 23.0 Å².